The molecule has 2 heterocycles. The Morgan fingerprint density at radius 1 is 1.19 bits per heavy atom. The van der Waals surface area contributed by atoms with E-state index in [4.69, 9.17) is 0 Å². The van der Waals surface area contributed by atoms with Crippen LogP contribution >= 0.6 is 0 Å². The molecule has 1 aliphatic heterocycles. The van der Waals surface area contributed by atoms with Crippen LogP contribution in [0, 0.1) is 0 Å². The standard InChI is InChI=1S/C16H18N4O/c21-16(19-11-7-8-11)14-6-3-9-20(14)15-12-4-1-2-5-13(12)17-10-18-15/h1-2,4-5,10-11,14H,3,6-9H2,(H,19,21). The summed E-state index contributed by atoms with van der Waals surface area (Å²) in [4.78, 5) is 23.3. The number of fused-ring (bicyclic) bond motifs is 1. The van der Waals surface area contributed by atoms with Crippen LogP contribution in [0.15, 0.2) is 30.6 Å². The van der Waals surface area contributed by atoms with Gasteiger partial charge in [0.25, 0.3) is 0 Å². The zero-order valence-corrected chi connectivity index (χ0v) is 11.8. The van der Waals surface area contributed by atoms with Crippen molar-refractivity contribution in [2.45, 2.75) is 37.8 Å². The summed E-state index contributed by atoms with van der Waals surface area (Å²) >= 11 is 0. The molecule has 1 aromatic carbocycles. The molecule has 1 saturated heterocycles. The molecule has 1 unspecified atom stereocenters. The van der Waals surface area contributed by atoms with Gasteiger partial charge in [0.05, 0.1) is 5.52 Å². The minimum atomic E-state index is -0.0936. The first-order chi connectivity index (χ1) is 10.3. The summed E-state index contributed by atoms with van der Waals surface area (Å²) in [5.41, 5.74) is 0.927. The van der Waals surface area contributed by atoms with Crippen LogP contribution in [-0.4, -0.2) is 34.5 Å². The minimum absolute atomic E-state index is 0.0936. The Balaban J connectivity index is 1.68. The molecule has 1 atom stereocenters. The monoisotopic (exact) mass is 282 g/mol. The Bertz CT molecular complexity index is 678. The van der Waals surface area contributed by atoms with Crippen LogP contribution in [-0.2, 0) is 4.79 Å². The lowest BCUT2D eigenvalue weighted by Gasteiger charge is -2.25. The molecular formula is C16H18N4O. The molecule has 1 saturated carbocycles. The van der Waals surface area contributed by atoms with Crippen LogP contribution in [0.5, 0.6) is 0 Å². The fraction of sp³-hybridized carbons (Fsp3) is 0.438. The molecule has 0 spiro atoms. The lowest BCUT2D eigenvalue weighted by Crippen LogP contribution is -2.44. The predicted octanol–water partition coefficient (Wildman–Crippen LogP) is 1.88. The molecule has 5 nitrogen and oxygen atoms in total. The number of hydrogen-bond acceptors (Lipinski definition) is 4. The normalized spacial score (nSPS) is 21.7. The quantitative estimate of drug-likeness (QED) is 0.934. The highest BCUT2D eigenvalue weighted by Gasteiger charge is 2.35. The molecular weight excluding hydrogens is 264 g/mol. The van der Waals surface area contributed by atoms with E-state index in [1.165, 1.54) is 0 Å². The van der Waals surface area contributed by atoms with Gasteiger partial charge in [-0.15, -0.1) is 0 Å². The first kappa shape index (κ1) is 12.6. The average molecular weight is 282 g/mol. The Hall–Kier alpha value is -2.17. The number of hydrogen-bond donors (Lipinski definition) is 1. The molecule has 21 heavy (non-hydrogen) atoms. The van der Waals surface area contributed by atoms with Crippen LogP contribution in [0.3, 0.4) is 0 Å². The van der Waals surface area contributed by atoms with Crippen LogP contribution < -0.4 is 10.2 Å². The zero-order chi connectivity index (χ0) is 14.2. The number of para-hydroxylation sites is 1. The molecule has 2 fully saturated rings. The maximum absolute atomic E-state index is 12.4. The SMILES string of the molecule is O=C(NC1CC1)C1CCCN1c1ncnc2ccccc12. The third kappa shape index (κ3) is 2.33. The van der Waals surface area contributed by atoms with E-state index >= 15 is 0 Å². The van der Waals surface area contributed by atoms with Crippen molar-refractivity contribution in [3.63, 3.8) is 0 Å². The van der Waals surface area contributed by atoms with E-state index < -0.39 is 0 Å². The molecule has 1 aromatic heterocycles. The first-order valence-corrected chi connectivity index (χ1v) is 7.60. The van der Waals surface area contributed by atoms with E-state index in [1.54, 1.807) is 6.33 Å². The van der Waals surface area contributed by atoms with E-state index in [1.807, 2.05) is 24.3 Å². The third-order valence-corrected chi connectivity index (χ3v) is 4.27. The number of anilines is 1. The van der Waals surface area contributed by atoms with Crippen molar-refractivity contribution in [1.82, 2.24) is 15.3 Å². The Morgan fingerprint density at radius 2 is 2.05 bits per heavy atom. The van der Waals surface area contributed by atoms with Crippen molar-refractivity contribution in [3.05, 3.63) is 30.6 Å². The number of amides is 1. The molecule has 2 aliphatic rings. The summed E-state index contributed by atoms with van der Waals surface area (Å²) in [6.45, 7) is 0.879. The van der Waals surface area contributed by atoms with E-state index in [2.05, 4.69) is 20.2 Å². The topological polar surface area (TPSA) is 58.1 Å². The first-order valence-electron chi connectivity index (χ1n) is 7.60. The van der Waals surface area contributed by atoms with Crippen molar-refractivity contribution in [2.24, 2.45) is 0 Å². The van der Waals surface area contributed by atoms with Gasteiger partial charge < -0.3 is 10.2 Å². The number of nitrogens with one attached hydrogen (secondary N) is 1. The molecule has 4 rings (SSSR count). The van der Waals surface area contributed by atoms with Crippen molar-refractivity contribution in [1.29, 1.82) is 0 Å². The molecule has 1 amide bonds. The van der Waals surface area contributed by atoms with Crippen molar-refractivity contribution in [3.8, 4) is 0 Å². The van der Waals surface area contributed by atoms with E-state index in [9.17, 15) is 4.79 Å². The van der Waals surface area contributed by atoms with Crippen LogP contribution in [0.1, 0.15) is 25.7 Å². The largest absolute Gasteiger partial charge is 0.352 e. The smallest absolute Gasteiger partial charge is 0.242 e. The zero-order valence-electron chi connectivity index (χ0n) is 11.8. The summed E-state index contributed by atoms with van der Waals surface area (Å²) in [6, 6.07) is 8.28. The number of nitrogens with zero attached hydrogens (tertiary/aromatic N) is 3. The molecule has 0 bridgehead atoms. The highest BCUT2D eigenvalue weighted by Crippen LogP contribution is 2.30. The van der Waals surface area contributed by atoms with Gasteiger partial charge in [-0.25, -0.2) is 9.97 Å². The lowest BCUT2D eigenvalue weighted by molar-refractivity contribution is -0.122. The number of carbonyl (C=O) groups is 1. The number of aromatic nitrogens is 2. The van der Waals surface area contributed by atoms with Gasteiger partial charge in [0, 0.05) is 18.0 Å². The van der Waals surface area contributed by atoms with Gasteiger partial charge in [0.2, 0.25) is 5.91 Å². The average Bonchev–Trinajstić information content (AvgIpc) is 3.19. The molecule has 1 N–H and O–H groups in total. The van der Waals surface area contributed by atoms with Gasteiger partial charge in [0.1, 0.15) is 18.2 Å². The second-order valence-corrected chi connectivity index (χ2v) is 5.85. The maximum atomic E-state index is 12.4. The second-order valence-electron chi connectivity index (χ2n) is 5.85. The number of rotatable bonds is 3. The van der Waals surface area contributed by atoms with E-state index in [0.717, 1.165) is 48.9 Å². The predicted molar refractivity (Wildman–Crippen MR) is 81.1 cm³/mol. The maximum Gasteiger partial charge on any atom is 0.242 e. The molecule has 2 aromatic rings. The highest BCUT2D eigenvalue weighted by atomic mass is 16.2. The van der Waals surface area contributed by atoms with Crippen molar-refractivity contribution >= 4 is 22.6 Å². The van der Waals surface area contributed by atoms with Crippen LogP contribution in [0.4, 0.5) is 5.82 Å². The molecule has 0 radical (unpaired) electrons. The van der Waals surface area contributed by atoms with Gasteiger partial charge in [-0.3, -0.25) is 4.79 Å². The van der Waals surface area contributed by atoms with E-state index in [-0.39, 0.29) is 11.9 Å². The van der Waals surface area contributed by atoms with E-state index in [0.29, 0.717) is 6.04 Å². The van der Waals surface area contributed by atoms with Gasteiger partial charge >= 0.3 is 0 Å². The van der Waals surface area contributed by atoms with Gasteiger partial charge in [0.15, 0.2) is 0 Å². The Labute approximate surface area is 123 Å². The number of benzene rings is 1. The minimum Gasteiger partial charge on any atom is -0.352 e. The van der Waals surface area contributed by atoms with Gasteiger partial charge in [-0.1, -0.05) is 12.1 Å². The number of carbonyl (C=O) groups excluding carboxylic acids is 1. The molecule has 5 heteroatoms. The molecule has 1 aliphatic carbocycles. The highest BCUT2D eigenvalue weighted by molar-refractivity contribution is 5.93. The fourth-order valence-electron chi connectivity index (χ4n) is 3.04. The summed E-state index contributed by atoms with van der Waals surface area (Å²) < 4.78 is 0. The summed E-state index contributed by atoms with van der Waals surface area (Å²) in [5, 5.41) is 4.14. The summed E-state index contributed by atoms with van der Waals surface area (Å²) in [5.74, 6) is 1.03. The second kappa shape index (κ2) is 4.98. The molecule has 108 valence electrons. The Kier molecular flexibility index (Phi) is 2.98. The van der Waals surface area contributed by atoms with Crippen molar-refractivity contribution < 1.29 is 4.79 Å². The van der Waals surface area contributed by atoms with Crippen LogP contribution in [0.2, 0.25) is 0 Å². The van der Waals surface area contributed by atoms with Gasteiger partial charge in [-0.05, 0) is 37.8 Å². The summed E-state index contributed by atoms with van der Waals surface area (Å²) in [6.07, 6.45) is 5.76. The van der Waals surface area contributed by atoms with Crippen molar-refractivity contribution in [2.75, 3.05) is 11.4 Å². The van der Waals surface area contributed by atoms with Crippen LogP contribution in [0.25, 0.3) is 10.9 Å². The third-order valence-electron chi connectivity index (χ3n) is 4.27. The fourth-order valence-corrected chi connectivity index (χ4v) is 3.04. The lowest BCUT2D eigenvalue weighted by atomic mass is 10.2. The Morgan fingerprint density at radius 3 is 2.90 bits per heavy atom. The summed E-state index contributed by atoms with van der Waals surface area (Å²) in [7, 11) is 0. The van der Waals surface area contributed by atoms with Gasteiger partial charge in [-0.2, -0.15) is 0 Å².